The molecule has 1 aromatic heterocycles. The van der Waals surface area contributed by atoms with Gasteiger partial charge in [-0.3, -0.25) is 9.78 Å². The molecule has 0 bridgehead atoms. The van der Waals surface area contributed by atoms with E-state index in [4.69, 9.17) is 25.1 Å². The van der Waals surface area contributed by atoms with Gasteiger partial charge in [0.1, 0.15) is 28.8 Å². The van der Waals surface area contributed by atoms with Crippen molar-refractivity contribution in [1.82, 2.24) is 10.3 Å². The zero-order chi connectivity index (χ0) is 21.9. The number of nitrogens with two attached hydrogens (primary N) is 2. The molecule has 0 aliphatic heterocycles. The number of ether oxygens (including phenoxy) is 2. The van der Waals surface area contributed by atoms with Gasteiger partial charge in [-0.15, -0.1) is 0 Å². The summed E-state index contributed by atoms with van der Waals surface area (Å²) in [5.74, 6) is -0.548. The first-order valence-electron chi connectivity index (χ1n) is 9.19. The fourth-order valence-electron chi connectivity index (χ4n) is 2.16. The molecule has 5 N–H and O–H groups in total. The maximum atomic E-state index is 13.6. The molecule has 0 fully saturated rings. The van der Waals surface area contributed by atoms with Gasteiger partial charge in [-0.2, -0.15) is 0 Å². The van der Waals surface area contributed by atoms with E-state index < -0.39 is 18.7 Å². The minimum atomic E-state index is -2.64. The number of amides is 1. The van der Waals surface area contributed by atoms with Gasteiger partial charge in [-0.05, 0) is 30.3 Å². The van der Waals surface area contributed by atoms with E-state index in [1.54, 1.807) is 6.07 Å². The number of carbonyl (C=O) groups is 1. The highest BCUT2D eigenvalue weighted by atomic mass is 19.1. The standard InChI is InChI=1S/C19H17FN4O3/c1-23-19(25)17-9-13(6-7-24-17)26-12-3-5-16(22)18(10-12)27-11-2-4-15(21)14(20)8-11/h2-10H,21-22H2,1H3,(H,23,25)/i1D3. The first-order valence-corrected chi connectivity index (χ1v) is 7.69. The van der Waals surface area contributed by atoms with E-state index in [9.17, 15) is 9.18 Å². The van der Waals surface area contributed by atoms with Gasteiger partial charge in [0.2, 0.25) is 0 Å². The van der Waals surface area contributed by atoms with Gasteiger partial charge in [0.15, 0.2) is 5.75 Å². The molecule has 8 heteroatoms. The van der Waals surface area contributed by atoms with E-state index in [1.165, 1.54) is 42.6 Å². The minimum absolute atomic E-state index is 0.0107. The van der Waals surface area contributed by atoms with Crippen molar-refractivity contribution >= 4 is 17.3 Å². The van der Waals surface area contributed by atoms with Gasteiger partial charge in [-0.25, -0.2) is 4.39 Å². The average Bonchev–Trinajstić information content (AvgIpc) is 2.66. The van der Waals surface area contributed by atoms with Gasteiger partial charge >= 0.3 is 0 Å². The summed E-state index contributed by atoms with van der Waals surface area (Å²) in [4.78, 5) is 15.8. The molecule has 0 unspecified atom stereocenters. The number of nitrogens with one attached hydrogen (secondary N) is 1. The van der Waals surface area contributed by atoms with Gasteiger partial charge in [0, 0.05) is 35.5 Å². The molecule has 0 aliphatic rings. The van der Waals surface area contributed by atoms with Crippen LogP contribution in [-0.2, 0) is 0 Å². The lowest BCUT2D eigenvalue weighted by atomic mass is 10.2. The lowest BCUT2D eigenvalue weighted by molar-refractivity contribution is 0.0958. The maximum Gasteiger partial charge on any atom is 0.269 e. The molecular formula is C19H17FN4O3. The van der Waals surface area contributed by atoms with E-state index in [-0.39, 0.29) is 34.3 Å². The fourth-order valence-corrected chi connectivity index (χ4v) is 2.16. The molecule has 0 radical (unpaired) electrons. The Labute approximate surface area is 158 Å². The first kappa shape index (κ1) is 14.4. The van der Waals surface area contributed by atoms with Crippen molar-refractivity contribution in [1.29, 1.82) is 0 Å². The monoisotopic (exact) mass is 371 g/mol. The highest BCUT2D eigenvalue weighted by molar-refractivity contribution is 5.92. The summed E-state index contributed by atoms with van der Waals surface area (Å²) in [6, 6.07) is 11.3. The van der Waals surface area contributed by atoms with E-state index in [2.05, 4.69) is 4.98 Å². The van der Waals surface area contributed by atoms with Gasteiger partial charge in [-0.1, -0.05) is 0 Å². The van der Waals surface area contributed by atoms with E-state index >= 15 is 0 Å². The molecule has 0 aliphatic carbocycles. The Balaban J connectivity index is 1.79. The van der Waals surface area contributed by atoms with Crippen molar-refractivity contribution in [3.63, 3.8) is 0 Å². The maximum absolute atomic E-state index is 13.6. The van der Waals surface area contributed by atoms with Crippen LogP contribution in [0.4, 0.5) is 15.8 Å². The van der Waals surface area contributed by atoms with Crippen LogP contribution in [0.2, 0.25) is 0 Å². The lowest BCUT2D eigenvalue weighted by Crippen LogP contribution is -2.18. The van der Waals surface area contributed by atoms with Crippen molar-refractivity contribution in [3.05, 3.63) is 66.2 Å². The third-order valence-corrected chi connectivity index (χ3v) is 3.50. The number of rotatable bonds is 5. The van der Waals surface area contributed by atoms with E-state index in [0.717, 1.165) is 6.07 Å². The normalized spacial score (nSPS) is 12.4. The van der Waals surface area contributed by atoms with Crippen LogP contribution in [0.3, 0.4) is 0 Å². The Hall–Kier alpha value is -3.81. The second-order valence-corrected chi connectivity index (χ2v) is 5.42. The van der Waals surface area contributed by atoms with Crippen LogP contribution >= 0.6 is 0 Å². The summed E-state index contributed by atoms with van der Waals surface area (Å²) in [5, 5.41) is 1.85. The number of carbonyl (C=O) groups excluding carboxylic acids is 1. The number of hydrogen-bond acceptors (Lipinski definition) is 6. The molecule has 27 heavy (non-hydrogen) atoms. The highest BCUT2D eigenvalue weighted by Gasteiger charge is 2.10. The molecular weight excluding hydrogens is 351 g/mol. The summed E-state index contributed by atoms with van der Waals surface area (Å²) in [7, 11) is 0. The summed E-state index contributed by atoms with van der Waals surface area (Å²) < 4.78 is 46.2. The molecule has 0 atom stereocenters. The molecule has 7 nitrogen and oxygen atoms in total. The van der Waals surface area contributed by atoms with Crippen molar-refractivity contribution in [2.45, 2.75) is 0 Å². The van der Waals surface area contributed by atoms with Crippen LogP contribution in [-0.4, -0.2) is 17.9 Å². The first-order chi connectivity index (χ1) is 14.1. The van der Waals surface area contributed by atoms with Crippen LogP contribution in [0.15, 0.2) is 54.7 Å². The summed E-state index contributed by atoms with van der Waals surface area (Å²) in [5.41, 5.74) is 11.5. The molecule has 2 aromatic carbocycles. The van der Waals surface area contributed by atoms with Crippen LogP contribution in [0.25, 0.3) is 0 Å². The number of anilines is 2. The molecule has 138 valence electrons. The minimum Gasteiger partial charge on any atom is -0.457 e. The predicted octanol–water partition coefficient (Wildman–Crippen LogP) is 3.33. The largest absolute Gasteiger partial charge is 0.457 e. The van der Waals surface area contributed by atoms with Crippen molar-refractivity contribution in [3.8, 4) is 23.0 Å². The Morgan fingerprint density at radius 3 is 2.48 bits per heavy atom. The lowest BCUT2D eigenvalue weighted by Gasteiger charge is -2.12. The molecule has 0 saturated heterocycles. The summed E-state index contributed by atoms with van der Waals surface area (Å²) >= 11 is 0. The second kappa shape index (κ2) is 7.61. The zero-order valence-electron chi connectivity index (χ0n) is 16.9. The smallest absolute Gasteiger partial charge is 0.269 e. The van der Waals surface area contributed by atoms with Crippen LogP contribution in [0, 0.1) is 5.82 Å². The zero-order valence-corrected chi connectivity index (χ0v) is 13.9. The van der Waals surface area contributed by atoms with Crippen molar-refractivity contribution < 1.29 is 22.8 Å². The van der Waals surface area contributed by atoms with Gasteiger partial charge in [0.25, 0.3) is 5.91 Å². The number of aromatic nitrogens is 1. The molecule has 0 saturated carbocycles. The summed E-state index contributed by atoms with van der Waals surface area (Å²) in [6.45, 7) is -2.64. The molecule has 3 rings (SSSR count). The fraction of sp³-hybridized carbons (Fsp3) is 0.0526. The number of hydrogen-bond donors (Lipinski definition) is 3. The van der Waals surface area contributed by atoms with Crippen molar-refractivity contribution in [2.24, 2.45) is 0 Å². The Morgan fingerprint density at radius 1 is 1.04 bits per heavy atom. The van der Waals surface area contributed by atoms with Gasteiger partial charge in [0.05, 0.1) is 11.4 Å². The SMILES string of the molecule is [2H]C([2H])([2H])NC(=O)c1cc(Oc2ccc(N)c(Oc3ccc(N)c(F)c3)c2)ccn1. The summed E-state index contributed by atoms with van der Waals surface area (Å²) in [6.07, 6.45) is 1.30. The number of nitrogens with zero attached hydrogens (tertiary/aromatic N) is 1. The molecule has 1 heterocycles. The Morgan fingerprint density at radius 2 is 1.74 bits per heavy atom. The quantitative estimate of drug-likeness (QED) is 0.593. The number of benzene rings is 2. The third-order valence-electron chi connectivity index (χ3n) is 3.50. The number of nitrogen functional groups attached to an aromatic ring is 2. The van der Waals surface area contributed by atoms with E-state index in [0.29, 0.717) is 5.75 Å². The molecule has 0 spiro atoms. The van der Waals surface area contributed by atoms with Crippen LogP contribution in [0.1, 0.15) is 14.6 Å². The molecule has 3 aromatic rings. The van der Waals surface area contributed by atoms with Crippen LogP contribution < -0.4 is 26.3 Å². The Kier molecular flexibility index (Phi) is 4.05. The van der Waals surface area contributed by atoms with Crippen LogP contribution in [0.5, 0.6) is 23.0 Å². The number of halogens is 1. The Bertz CT molecular complexity index is 1090. The van der Waals surface area contributed by atoms with Gasteiger partial charge < -0.3 is 26.3 Å². The molecule has 1 amide bonds. The highest BCUT2D eigenvalue weighted by Crippen LogP contribution is 2.34. The third kappa shape index (κ3) is 4.24. The predicted molar refractivity (Wildman–Crippen MR) is 99.4 cm³/mol. The average molecular weight is 371 g/mol. The second-order valence-electron chi connectivity index (χ2n) is 5.42. The van der Waals surface area contributed by atoms with Crippen molar-refractivity contribution in [2.75, 3.05) is 18.4 Å². The number of pyridine rings is 1. The van der Waals surface area contributed by atoms with E-state index in [1.807, 2.05) is 5.32 Å². The topological polar surface area (TPSA) is 112 Å².